The lowest BCUT2D eigenvalue weighted by Crippen LogP contribution is -1.86. The van der Waals surface area contributed by atoms with Crippen LogP contribution in [0, 0.1) is 0 Å². The molecule has 0 saturated heterocycles. The summed E-state index contributed by atoms with van der Waals surface area (Å²) in [5, 5.41) is 0. The van der Waals surface area contributed by atoms with Crippen molar-refractivity contribution < 1.29 is 4.74 Å². The summed E-state index contributed by atoms with van der Waals surface area (Å²) >= 11 is 0. The second-order valence-corrected chi connectivity index (χ2v) is 5.26. The van der Waals surface area contributed by atoms with Crippen molar-refractivity contribution in [3.63, 3.8) is 0 Å². The zero-order chi connectivity index (χ0) is 14.9. The smallest absolute Gasteiger partial charge is 0.127 e. The molecule has 0 amide bonds. The van der Waals surface area contributed by atoms with Gasteiger partial charge in [0.1, 0.15) is 11.5 Å². The number of hydrogen-bond donors (Lipinski definition) is 0. The zero-order valence-electron chi connectivity index (χ0n) is 13.0. The molecule has 0 aliphatic carbocycles. The molecule has 0 heterocycles. The number of aryl methyl sites for hydroxylation is 1. The monoisotopic (exact) mass is 280 g/mol. The van der Waals surface area contributed by atoms with Crippen LogP contribution in [0.1, 0.15) is 44.2 Å². The summed E-state index contributed by atoms with van der Waals surface area (Å²) < 4.78 is 5.87. The Morgan fingerprint density at radius 3 is 2.00 bits per heavy atom. The predicted octanol–water partition coefficient (Wildman–Crippen LogP) is 6.24. The van der Waals surface area contributed by atoms with E-state index in [1.165, 1.54) is 24.0 Å². The van der Waals surface area contributed by atoms with Crippen LogP contribution in [0.4, 0.5) is 0 Å². The van der Waals surface area contributed by atoms with Crippen molar-refractivity contribution in [2.75, 3.05) is 0 Å². The van der Waals surface area contributed by atoms with Crippen LogP contribution in [0.25, 0.3) is 6.08 Å². The normalized spacial score (nSPS) is 11.0. The first-order valence-corrected chi connectivity index (χ1v) is 7.85. The molecule has 0 fully saturated rings. The maximum Gasteiger partial charge on any atom is 0.127 e. The topological polar surface area (TPSA) is 9.23 Å². The van der Waals surface area contributed by atoms with Gasteiger partial charge in [0.15, 0.2) is 0 Å². The summed E-state index contributed by atoms with van der Waals surface area (Å²) in [6.45, 7) is 4.38. The molecule has 110 valence electrons. The first-order chi connectivity index (χ1) is 10.3. The first-order valence-electron chi connectivity index (χ1n) is 7.85. The summed E-state index contributed by atoms with van der Waals surface area (Å²) in [5.74, 6) is 1.77. The van der Waals surface area contributed by atoms with Crippen molar-refractivity contribution in [3.8, 4) is 11.5 Å². The van der Waals surface area contributed by atoms with Crippen LogP contribution >= 0.6 is 0 Å². The molecule has 0 aliphatic heterocycles. The van der Waals surface area contributed by atoms with Crippen LogP contribution in [0.3, 0.4) is 0 Å². The molecule has 21 heavy (non-hydrogen) atoms. The van der Waals surface area contributed by atoms with Gasteiger partial charge in [-0.25, -0.2) is 0 Å². The second-order valence-electron chi connectivity index (χ2n) is 5.26. The van der Waals surface area contributed by atoms with Crippen molar-refractivity contribution in [1.29, 1.82) is 0 Å². The Kier molecular flexibility index (Phi) is 6.08. The SMILES string of the molecule is CCC/C=C/c1ccc(Oc2ccc(CCC)cc2)cc1. The number of hydrogen-bond acceptors (Lipinski definition) is 1. The molecule has 0 N–H and O–H groups in total. The molecular formula is C20H24O. The number of rotatable bonds is 7. The van der Waals surface area contributed by atoms with Gasteiger partial charge in [-0.05, 0) is 48.2 Å². The lowest BCUT2D eigenvalue weighted by atomic mass is 10.1. The predicted molar refractivity (Wildman–Crippen MR) is 90.9 cm³/mol. The summed E-state index contributed by atoms with van der Waals surface area (Å²) in [5.41, 5.74) is 2.58. The van der Waals surface area contributed by atoms with Crippen LogP contribution in [0.2, 0.25) is 0 Å². The van der Waals surface area contributed by atoms with E-state index in [0.29, 0.717) is 0 Å². The summed E-state index contributed by atoms with van der Waals surface area (Å²) in [6, 6.07) is 16.6. The Hall–Kier alpha value is -2.02. The van der Waals surface area contributed by atoms with Crippen molar-refractivity contribution in [3.05, 3.63) is 65.7 Å². The lowest BCUT2D eigenvalue weighted by molar-refractivity contribution is 0.482. The maximum absolute atomic E-state index is 5.87. The highest BCUT2D eigenvalue weighted by molar-refractivity contribution is 5.50. The Morgan fingerprint density at radius 1 is 0.810 bits per heavy atom. The molecule has 0 saturated carbocycles. The van der Waals surface area contributed by atoms with E-state index in [4.69, 9.17) is 4.74 Å². The molecule has 1 heteroatoms. The van der Waals surface area contributed by atoms with Gasteiger partial charge in [-0.3, -0.25) is 0 Å². The standard InChI is InChI=1S/C20H24O/c1-3-5-6-8-18-11-15-20(16-12-18)21-19-13-9-17(7-4-2)10-14-19/h6,8-16H,3-5,7H2,1-2H3/b8-6+. The molecule has 2 aromatic carbocycles. The van der Waals surface area contributed by atoms with Crippen LogP contribution in [0.15, 0.2) is 54.6 Å². The second kappa shape index (κ2) is 8.31. The van der Waals surface area contributed by atoms with E-state index >= 15 is 0 Å². The van der Waals surface area contributed by atoms with Crippen LogP contribution < -0.4 is 4.74 Å². The molecule has 0 aromatic heterocycles. The Balaban J connectivity index is 1.96. The molecule has 0 radical (unpaired) electrons. The van der Waals surface area contributed by atoms with E-state index in [1.807, 2.05) is 24.3 Å². The molecule has 1 nitrogen and oxygen atoms in total. The average Bonchev–Trinajstić information content (AvgIpc) is 2.51. The fourth-order valence-electron chi connectivity index (χ4n) is 2.18. The summed E-state index contributed by atoms with van der Waals surface area (Å²) in [4.78, 5) is 0. The molecule has 0 bridgehead atoms. The Bertz CT molecular complexity index is 549. The van der Waals surface area contributed by atoms with Crippen molar-refractivity contribution in [2.45, 2.75) is 39.5 Å². The van der Waals surface area contributed by atoms with Crippen LogP contribution in [-0.4, -0.2) is 0 Å². The molecule has 0 unspecified atom stereocenters. The van der Waals surface area contributed by atoms with E-state index in [9.17, 15) is 0 Å². The van der Waals surface area contributed by atoms with Gasteiger partial charge in [0.2, 0.25) is 0 Å². The molecule has 2 aromatic rings. The van der Waals surface area contributed by atoms with Gasteiger partial charge in [-0.2, -0.15) is 0 Å². The van der Waals surface area contributed by atoms with Crippen LogP contribution in [-0.2, 0) is 6.42 Å². The van der Waals surface area contributed by atoms with E-state index in [1.54, 1.807) is 0 Å². The van der Waals surface area contributed by atoms with E-state index < -0.39 is 0 Å². The van der Waals surface area contributed by atoms with Gasteiger partial charge in [0.25, 0.3) is 0 Å². The minimum atomic E-state index is 0.880. The maximum atomic E-state index is 5.87. The first kappa shape index (κ1) is 15.4. The Labute approximate surface area is 128 Å². The van der Waals surface area contributed by atoms with Gasteiger partial charge in [-0.1, -0.05) is 63.1 Å². The van der Waals surface area contributed by atoms with Gasteiger partial charge < -0.3 is 4.74 Å². The lowest BCUT2D eigenvalue weighted by Gasteiger charge is -2.07. The van der Waals surface area contributed by atoms with Crippen molar-refractivity contribution in [2.24, 2.45) is 0 Å². The minimum Gasteiger partial charge on any atom is -0.457 e. The zero-order valence-corrected chi connectivity index (χ0v) is 13.0. The molecule has 0 aliphatic rings. The van der Waals surface area contributed by atoms with Crippen LogP contribution in [0.5, 0.6) is 11.5 Å². The quantitative estimate of drug-likeness (QED) is 0.583. The third-order valence-corrected chi connectivity index (χ3v) is 3.34. The number of ether oxygens (including phenoxy) is 1. The van der Waals surface area contributed by atoms with E-state index in [-0.39, 0.29) is 0 Å². The van der Waals surface area contributed by atoms with Crippen molar-refractivity contribution >= 4 is 6.08 Å². The summed E-state index contributed by atoms with van der Waals surface area (Å²) in [7, 11) is 0. The highest BCUT2D eigenvalue weighted by Gasteiger charge is 1.98. The highest BCUT2D eigenvalue weighted by Crippen LogP contribution is 2.22. The third-order valence-electron chi connectivity index (χ3n) is 3.34. The fraction of sp³-hybridized carbons (Fsp3) is 0.300. The summed E-state index contributed by atoms with van der Waals surface area (Å²) in [6.07, 6.45) is 8.98. The number of allylic oxidation sites excluding steroid dienone is 1. The molecule has 2 rings (SSSR count). The van der Waals surface area contributed by atoms with Crippen molar-refractivity contribution in [1.82, 2.24) is 0 Å². The largest absolute Gasteiger partial charge is 0.457 e. The van der Waals surface area contributed by atoms with Gasteiger partial charge in [0.05, 0.1) is 0 Å². The molecular weight excluding hydrogens is 256 g/mol. The fourth-order valence-corrected chi connectivity index (χ4v) is 2.18. The Morgan fingerprint density at radius 2 is 1.43 bits per heavy atom. The number of benzene rings is 2. The van der Waals surface area contributed by atoms with E-state index in [0.717, 1.165) is 24.3 Å². The minimum absolute atomic E-state index is 0.880. The molecule has 0 atom stereocenters. The average molecular weight is 280 g/mol. The van der Waals surface area contributed by atoms with Gasteiger partial charge >= 0.3 is 0 Å². The van der Waals surface area contributed by atoms with E-state index in [2.05, 4.69) is 50.3 Å². The highest BCUT2D eigenvalue weighted by atomic mass is 16.5. The molecule has 0 spiro atoms. The van der Waals surface area contributed by atoms with Gasteiger partial charge in [0, 0.05) is 0 Å². The third kappa shape index (κ3) is 5.11. The number of unbranched alkanes of at least 4 members (excludes halogenated alkanes) is 1. The van der Waals surface area contributed by atoms with Gasteiger partial charge in [-0.15, -0.1) is 0 Å².